The van der Waals surface area contributed by atoms with Gasteiger partial charge in [-0.3, -0.25) is 9.88 Å². The number of benzene rings is 4. The first kappa shape index (κ1) is 30.1. The number of hydrogen-bond donors (Lipinski definition) is 2. The van der Waals surface area contributed by atoms with Gasteiger partial charge in [-0.1, -0.05) is 103 Å². The van der Waals surface area contributed by atoms with Gasteiger partial charge in [-0.05, 0) is 47.9 Å². The van der Waals surface area contributed by atoms with Crippen molar-refractivity contribution < 1.29 is 9.84 Å². The molecule has 228 valence electrons. The Labute approximate surface area is 264 Å². The lowest BCUT2D eigenvalue weighted by Gasteiger charge is -2.28. The van der Waals surface area contributed by atoms with Gasteiger partial charge in [0.25, 0.3) is 0 Å². The highest BCUT2D eigenvalue weighted by Crippen LogP contribution is 2.24. The maximum Gasteiger partial charge on any atom is 0.204 e. The van der Waals surface area contributed by atoms with Gasteiger partial charge < -0.3 is 19.7 Å². The van der Waals surface area contributed by atoms with E-state index in [9.17, 15) is 5.11 Å². The number of ether oxygens (including phenoxy) is 1. The lowest BCUT2D eigenvalue weighted by Crippen LogP contribution is -2.37. The van der Waals surface area contributed by atoms with E-state index in [-0.39, 0.29) is 11.9 Å². The fourth-order valence-corrected chi connectivity index (χ4v) is 5.57. The summed E-state index contributed by atoms with van der Waals surface area (Å²) in [5.41, 5.74) is 6.96. The van der Waals surface area contributed by atoms with Gasteiger partial charge in [0.05, 0.1) is 30.3 Å². The number of nitrogens with zero attached hydrogens (tertiary/aromatic N) is 4. The molecule has 0 amide bonds. The molecule has 7 nitrogen and oxygen atoms in total. The number of nitrogens with one attached hydrogen (secondary N) is 1. The largest absolute Gasteiger partial charge is 0.506 e. The smallest absolute Gasteiger partial charge is 0.204 e. The van der Waals surface area contributed by atoms with Crippen LogP contribution in [0.4, 0.5) is 5.95 Å². The number of aryl methyl sites for hydroxylation is 1. The van der Waals surface area contributed by atoms with Gasteiger partial charge in [-0.15, -0.1) is 0 Å². The van der Waals surface area contributed by atoms with Crippen molar-refractivity contribution >= 4 is 17.0 Å². The standard InChI is InChI=1S/C38H39N5O2/c1-29-21-22-37(44)35(40-29)27-43-36-20-12-11-19-34(36)41-38(43)39-23-33(45-28-32-17-9-4-10-18-32)26-42(24-30-13-5-2-6-14-30)25-31-15-7-3-8-16-31/h2-22,33,44H,23-28H2,1H3,(H,39,41). The van der Waals surface area contributed by atoms with Crippen molar-refractivity contribution in [1.82, 2.24) is 19.4 Å². The van der Waals surface area contributed by atoms with Gasteiger partial charge in [0.2, 0.25) is 5.95 Å². The predicted octanol–water partition coefficient (Wildman–Crippen LogP) is 7.19. The average molecular weight is 598 g/mol. The molecule has 0 saturated heterocycles. The summed E-state index contributed by atoms with van der Waals surface area (Å²) < 4.78 is 8.71. The van der Waals surface area contributed by atoms with Crippen LogP contribution in [0.3, 0.4) is 0 Å². The Bertz CT molecular complexity index is 1750. The molecule has 0 bridgehead atoms. The first-order valence-electron chi connectivity index (χ1n) is 15.4. The monoisotopic (exact) mass is 597 g/mol. The van der Waals surface area contributed by atoms with Crippen molar-refractivity contribution in [2.45, 2.75) is 39.3 Å². The van der Waals surface area contributed by atoms with E-state index >= 15 is 0 Å². The summed E-state index contributed by atoms with van der Waals surface area (Å²) in [6.07, 6.45) is -0.142. The summed E-state index contributed by atoms with van der Waals surface area (Å²) in [5, 5.41) is 14.2. The molecular weight excluding hydrogens is 558 g/mol. The Morgan fingerprint density at radius 3 is 2.00 bits per heavy atom. The molecule has 7 heteroatoms. The second-order valence-electron chi connectivity index (χ2n) is 11.4. The van der Waals surface area contributed by atoms with Crippen molar-refractivity contribution in [3.63, 3.8) is 0 Å². The summed E-state index contributed by atoms with van der Waals surface area (Å²) >= 11 is 0. The van der Waals surface area contributed by atoms with E-state index in [2.05, 4.69) is 92.6 Å². The molecule has 0 aliphatic heterocycles. The van der Waals surface area contributed by atoms with Gasteiger partial charge in [-0.25, -0.2) is 4.98 Å². The second-order valence-corrected chi connectivity index (χ2v) is 11.4. The minimum absolute atomic E-state index is 0.142. The molecule has 1 unspecified atom stereocenters. The van der Waals surface area contributed by atoms with Crippen LogP contribution in [0.5, 0.6) is 5.75 Å². The van der Waals surface area contributed by atoms with Gasteiger partial charge in [0.15, 0.2) is 0 Å². The Kier molecular flexibility index (Phi) is 9.80. The zero-order valence-electron chi connectivity index (χ0n) is 25.6. The number of aromatic hydroxyl groups is 1. The summed E-state index contributed by atoms with van der Waals surface area (Å²) in [6, 6.07) is 43.0. The highest BCUT2D eigenvalue weighted by molar-refractivity contribution is 5.78. The first-order valence-corrected chi connectivity index (χ1v) is 15.4. The van der Waals surface area contributed by atoms with Gasteiger partial charge in [0.1, 0.15) is 11.4 Å². The van der Waals surface area contributed by atoms with Gasteiger partial charge in [-0.2, -0.15) is 0 Å². The van der Waals surface area contributed by atoms with Crippen LogP contribution < -0.4 is 5.32 Å². The molecule has 2 aromatic heterocycles. The SMILES string of the molecule is Cc1ccc(O)c(Cn2c(NCC(CN(Cc3ccccc3)Cc3ccccc3)OCc3ccccc3)nc3ccccc32)n1. The third-order valence-corrected chi connectivity index (χ3v) is 7.83. The number of rotatable bonds is 14. The highest BCUT2D eigenvalue weighted by Gasteiger charge is 2.19. The second kappa shape index (κ2) is 14.7. The molecule has 0 radical (unpaired) electrons. The van der Waals surface area contributed by atoms with Crippen LogP contribution >= 0.6 is 0 Å². The van der Waals surface area contributed by atoms with E-state index in [1.165, 1.54) is 11.1 Å². The topological polar surface area (TPSA) is 75.4 Å². The number of imidazole rings is 1. The summed E-state index contributed by atoms with van der Waals surface area (Å²) in [4.78, 5) is 12.0. The molecule has 6 aromatic rings. The number of pyridine rings is 1. The third kappa shape index (κ3) is 8.15. The van der Waals surface area contributed by atoms with Crippen LogP contribution in [0.15, 0.2) is 127 Å². The normalized spacial score (nSPS) is 12.0. The third-order valence-electron chi connectivity index (χ3n) is 7.83. The average Bonchev–Trinajstić information content (AvgIpc) is 3.42. The molecule has 6 rings (SSSR count). The summed E-state index contributed by atoms with van der Waals surface area (Å²) in [6.45, 7) is 5.69. The molecular formula is C38H39N5O2. The van der Waals surface area contributed by atoms with Crippen LogP contribution in [0.1, 0.15) is 28.1 Å². The van der Waals surface area contributed by atoms with Crippen LogP contribution in [0.25, 0.3) is 11.0 Å². The predicted molar refractivity (Wildman–Crippen MR) is 180 cm³/mol. The lowest BCUT2D eigenvalue weighted by atomic mass is 10.1. The number of fused-ring (bicyclic) bond motifs is 1. The van der Waals surface area contributed by atoms with E-state index in [1.807, 2.05) is 55.5 Å². The van der Waals surface area contributed by atoms with Crippen LogP contribution in [-0.4, -0.2) is 43.7 Å². The number of hydrogen-bond acceptors (Lipinski definition) is 6. The first-order chi connectivity index (χ1) is 22.1. The summed E-state index contributed by atoms with van der Waals surface area (Å²) in [7, 11) is 0. The van der Waals surface area contributed by atoms with Crippen molar-refractivity contribution in [1.29, 1.82) is 0 Å². The quantitative estimate of drug-likeness (QED) is 0.138. The minimum Gasteiger partial charge on any atom is -0.506 e. The fourth-order valence-electron chi connectivity index (χ4n) is 5.57. The highest BCUT2D eigenvalue weighted by atomic mass is 16.5. The van der Waals surface area contributed by atoms with Gasteiger partial charge in [0, 0.05) is 31.9 Å². The molecule has 0 aliphatic rings. The number of anilines is 1. The van der Waals surface area contributed by atoms with Crippen LogP contribution in [0.2, 0.25) is 0 Å². The van der Waals surface area contributed by atoms with Crippen LogP contribution in [0, 0.1) is 6.92 Å². The zero-order valence-corrected chi connectivity index (χ0v) is 25.6. The molecule has 0 fully saturated rings. The number of para-hydroxylation sites is 2. The minimum atomic E-state index is -0.142. The van der Waals surface area contributed by atoms with Crippen molar-refractivity contribution in [3.05, 3.63) is 155 Å². The molecule has 2 N–H and O–H groups in total. The molecule has 45 heavy (non-hydrogen) atoms. The maximum atomic E-state index is 10.6. The summed E-state index contributed by atoms with van der Waals surface area (Å²) in [5.74, 6) is 0.885. The lowest BCUT2D eigenvalue weighted by molar-refractivity contribution is 0.0194. The van der Waals surface area contributed by atoms with Crippen molar-refractivity contribution in [3.8, 4) is 5.75 Å². The van der Waals surface area contributed by atoms with E-state index < -0.39 is 0 Å². The zero-order chi connectivity index (χ0) is 30.8. The Balaban J connectivity index is 1.26. The van der Waals surface area contributed by atoms with E-state index in [0.717, 1.165) is 35.4 Å². The van der Waals surface area contributed by atoms with E-state index in [4.69, 9.17) is 9.72 Å². The van der Waals surface area contributed by atoms with E-state index in [1.54, 1.807) is 6.07 Å². The molecule has 1 atom stereocenters. The van der Waals surface area contributed by atoms with Crippen LogP contribution in [-0.2, 0) is 31.0 Å². The van der Waals surface area contributed by atoms with Crippen molar-refractivity contribution in [2.75, 3.05) is 18.4 Å². The molecule has 0 saturated carbocycles. The Morgan fingerprint density at radius 1 is 0.733 bits per heavy atom. The van der Waals surface area contributed by atoms with E-state index in [0.29, 0.717) is 37.9 Å². The van der Waals surface area contributed by atoms with Crippen molar-refractivity contribution in [2.24, 2.45) is 0 Å². The molecule has 0 aliphatic carbocycles. The number of aromatic nitrogens is 3. The molecule has 4 aromatic carbocycles. The Hall–Kier alpha value is -4.98. The molecule has 0 spiro atoms. The molecule has 2 heterocycles. The Morgan fingerprint density at radius 2 is 1.33 bits per heavy atom. The van der Waals surface area contributed by atoms with Gasteiger partial charge >= 0.3 is 0 Å². The maximum absolute atomic E-state index is 10.6. The fraction of sp³-hybridized carbons (Fsp3) is 0.211.